The molecule has 3 aromatic rings. The largest absolute Gasteiger partial charge is 0.496 e. The molecule has 3 rings (SSSR count). The first kappa shape index (κ1) is 19.5. The first-order valence-electron chi connectivity index (χ1n) is 8.27. The number of primary sulfonamides is 1. The summed E-state index contributed by atoms with van der Waals surface area (Å²) in [6.45, 7) is 1.76. The summed E-state index contributed by atoms with van der Waals surface area (Å²) in [4.78, 5) is 15.8. The maximum absolute atomic E-state index is 11.6. The number of rotatable bonds is 6. The fraction of sp³-hybridized carbons (Fsp3) is 0.167. The van der Waals surface area contributed by atoms with E-state index in [0.29, 0.717) is 29.1 Å². The van der Waals surface area contributed by atoms with Gasteiger partial charge in [0, 0.05) is 23.7 Å². The Morgan fingerprint density at radius 2 is 2.04 bits per heavy atom. The Bertz CT molecular complexity index is 1120. The van der Waals surface area contributed by atoms with Gasteiger partial charge >= 0.3 is 0 Å². The van der Waals surface area contributed by atoms with Gasteiger partial charge in [0.05, 0.1) is 17.6 Å². The molecule has 0 radical (unpaired) electrons. The standard InChI is InChI=1S/C18H18N4O5S/c1-3-16(23)20-12-6-4-5-11(9-12)17-21-18(27-22-17)14-8-7-13(28(19,24)25)10-15(14)26-2/h4-10H,3H2,1-2H3,(H,20,23)(H2,19,24,25). The van der Waals surface area contributed by atoms with Crippen molar-refractivity contribution in [3.05, 3.63) is 42.5 Å². The molecule has 2 aromatic carbocycles. The Labute approximate surface area is 161 Å². The van der Waals surface area contributed by atoms with E-state index in [4.69, 9.17) is 14.4 Å². The number of nitrogens with zero attached hydrogens (tertiary/aromatic N) is 2. The summed E-state index contributed by atoms with van der Waals surface area (Å²) in [5.74, 6) is 0.576. The quantitative estimate of drug-likeness (QED) is 0.646. The molecule has 0 bridgehead atoms. The number of nitrogens with two attached hydrogens (primary N) is 1. The summed E-state index contributed by atoms with van der Waals surface area (Å²) in [7, 11) is -2.48. The summed E-state index contributed by atoms with van der Waals surface area (Å²) in [5.41, 5.74) is 1.68. The van der Waals surface area contributed by atoms with Crippen LogP contribution >= 0.6 is 0 Å². The molecular formula is C18H18N4O5S. The summed E-state index contributed by atoms with van der Waals surface area (Å²) in [5, 5.41) is 11.9. The maximum atomic E-state index is 11.6. The van der Waals surface area contributed by atoms with E-state index < -0.39 is 10.0 Å². The maximum Gasteiger partial charge on any atom is 0.262 e. The lowest BCUT2D eigenvalue weighted by molar-refractivity contribution is -0.115. The highest BCUT2D eigenvalue weighted by molar-refractivity contribution is 7.89. The summed E-state index contributed by atoms with van der Waals surface area (Å²) in [6.07, 6.45) is 0.366. The van der Waals surface area contributed by atoms with Crippen LogP contribution < -0.4 is 15.2 Å². The van der Waals surface area contributed by atoms with Gasteiger partial charge in [-0.25, -0.2) is 13.6 Å². The van der Waals surface area contributed by atoms with Gasteiger partial charge in [-0.3, -0.25) is 4.79 Å². The van der Waals surface area contributed by atoms with Gasteiger partial charge < -0.3 is 14.6 Å². The third-order valence-electron chi connectivity index (χ3n) is 3.88. The lowest BCUT2D eigenvalue weighted by Crippen LogP contribution is -2.12. The van der Waals surface area contributed by atoms with Crippen LogP contribution in [0.4, 0.5) is 5.69 Å². The fourth-order valence-corrected chi connectivity index (χ4v) is 2.99. The average molecular weight is 402 g/mol. The van der Waals surface area contributed by atoms with E-state index in [2.05, 4.69) is 15.5 Å². The van der Waals surface area contributed by atoms with Gasteiger partial charge in [-0.1, -0.05) is 24.2 Å². The minimum Gasteiger partial charge on any atom is -0.496 e. The van der Waals surface area contributed by atoms with Gasteiger partial charge in [-0.05, 0) is 24.3 Å². The molecule has 0 spiro atoms. The molecule has 0 atom stereocenters. The molecule has 0 saturated carbocycles. The smallest absolute Gasteiger partial charge is 0.262 e. The van der Waals surface area contributed by atoms with Gasteiger partial charge in [0.25, 0.3) is 5.89 Å². The second-order valence-corrected chi connectivity index (χ2v) is 7.37. The number of aromatic nitrogens is 2. The van der Waals surface area contributed by atoms with Crippen molar-refractivity contribution in [3.8, 4) is 28.6 Å². The second-order valence-electron chi connectivity index (χ2n) is 5.81. The third-order valence-corrected chi connectivity index (χ3v) is 4.79. The third kappa shape index (κ3) is 4.18. The van der Waals surface area contributed by atoms with E-state index in [1.807, 2.05) is 0 Å². The zero-order valence-electron chi connectivity index (χ0n) is 15.2. The number of carbonyl (C=O) groups is 1. The number of benzene rings is 2. The lowest BCUT2D eigenvalue weighted by Gasteiger charge is -2.06. The second kappa shape index (κ2) is 7.79. The van der Waals surface area contributed by atoms with Crippen molar-refractivity contribution in [1.82, 2.24) is 10.1 Å². The Balaban J connectivity index is 1.95. The predicted molar refractivity (Wildman–Crippen MR) is 102 cm³/mol. The molecule has 0 aliphatic heterocycles. The minimum absolute atomic E-state index is 0.0906. The molecule has 1 heterocycles. The van der Waals surface area contributed by atoms with Crippen LogP contribution in [0, 0.1) is 0 Å². The zero-order valence-corrected chi connectivity index (χ0v) is 16.0. The van der Waals surface area contributed by atoms with Crippen LogP contribution in [0.5, 0.6) is 5.75 Å². The van der Waals surface area contributed by atoms with Gasteiger partial charge in [0.2, 0.25) is 21.8 Å². The number of sulfonamides is 1. The van der Waals surface area contributed by atoms with Crippen LogP contribution in [0.1, 0.15) is 13.3 Å². The molecule has 10 heteroatoms. The molecule has 1 amide bonds. The Kier molecular flexibility index (Phi) is 5.43. The van der Waals surface area contributed by atoms with Gasteiger partial charge in [0.15, 0.2) is 0 Å². The first-order valence-corrected chi connectivity index (χ1v) is 9.81. The predicted octanol–water partition coefficient (Wildman–Crippen LogP) is 2.41. The Morgan fingerprint density at radius 3 is 2.71 bits per heavy atom. The molecule has 1 aromatic heterocycles. The molecule has 28 heavy (non-hydrogen) atoms. The van der Waals surface area contributed by atoms with E-state index in [1.165, 1.54) is 25.3 Å². The van der Waals surface area contributed by atoms with E-state index >= 15 is 0 Å². The van der Waals surface area contributed by atoms with Crippen molar-refractivity contribution < 1.29 is 22.5 Å². The van der Waals surface area contributed by atoms with Crippen molar-refractivity contribution in [2.75, 3.05) is 12.4 Å². The first-order chi connectivity index (χ1) is 13.3. The van der Waals surface area contributed by atoms with E-state index in [9.17, 15) is 13.2 Å². The van der Waals surface area contributed by atoms with Crippen LogP contribution in [-0.2, 0) is 14.8 Å². The number of carbonyl (C=O) groups excluding carboxylic acids is 1. The van der Waals surface area contributed by atoms with Crippen molar-refractivity contribution in [1.29, 1.82) is 0 Å². The highest BCUT2D eigenvalue weighted by Gasteiger charge is 2.18. The van der Waals surface area contributed by atoms with Crippen LogP contribution in [0.2, 0.25) is 0 Å². The van der Waals surface area contributed by atoms with Crippen molar-refractivity contribution in [2.24, 2.45) is 5.14 Å². The number of hydrogen-bond acceptors (Lipinski definition) is 7. The van der Waals surface area contributed by atoms with E-state index in [1.54, 1.807) is 31.2 Å². The zero-order chi connectivity index (χ0) is 20.3. The molecule has 0 unspecified atom stereocenters. The van der Waals surface area contributed by atoms with E-state index in [-0.39, 0.29) is 22.4 Å². The van der Waals surface area contributed by atoms with E-state index in [0.717, 1.165) is 0 Å². The number of nitrogens with one attached hydrogen (secondary N) is 1. The highest BCUT2D eigenvalue weighted by atomic mass is 32.2. The number of amides is 1. The normalized spacial score (nSPS) is 11.2. The number of methoxy groups -OCH3 is 1. The van der Waals surface area contributed by atoms with Crippen molar-refractivity contribution >= 4 is 21.6 Å². The Hall–Kier alpha value is -3.24. The molecule has 0 aliphatic rings. The number of ether oxygens (including phenoxy) is 1. The van der Waals surface area contributed by atoms with Crippen LogP contribution in [0.25, 0.3) is 22.8 Å². The lowest BCUT2D eigenvalue weighted by atomic mass is 10.1. The van der Waals surface area contributed by atoms with Crippen LogP contribution in [-0.4, -0.2) is 31.6 Å². The number of hydrogen-bond donors (Lipinski definition) is 2. The van der Waals surface area contributed by atoms with Crippen LogP contribution in [0.15, 0.2) is 51.9 Å². The highest BCUT2D eigenvalue weighted by Crippen LogP contribution is 2.32. The monoisotopic (exact) mass is 402 g/mol. The molecule has 0 saturated heterocycles. The molecule has 9 nitrogen and oxygen atoms in total. The van der Waals surface area contributed by atoms with Gasteiger partial charge in [-0.2, -0.15) is 4.98 Å². The van der Waals surface area contributed by atoms with Crippen molar-refractivity contribution in [3.63, 3.8) is 0 Å². The molecule has 3 N–H and O–H groups in total. The Morgan fingerprint density at radius 1 is 1.25 bits per heavy atom. The molecule has 0 aliphatic carbocycles. The van der Waals surface area contributed by atoms with Gasteiger partial charge in [-0.15, -0.1) is 0 Å². The fourth-order valence-electron chi connectivity index (χ4n) is 2.46. The summed E-state index contributed by atoms with van der Waals surface area (Å²) < 4.78 is 33.6. The van der Waals surface area contributed by atoms with Crippen molar-refractivity contribution in [2.45, 2.75) is 18.2 Å². The summed E-state index contributed by atoms with van der Waals surface area (Å²) >= 11 is 0. The summed E-state index contributed by atoms with van der Waals surface area (Å²) in [6, 6.07) is 11.1. The molecule has 146 valence electrons. The topological polar surface area (TPSA) is 137 Å². The molecule has 0 fully saturated rings. The van der Waals surface area contributed by atoms with Crippen LogP contribution in [0.3, 0.4) is 0 Å². The van der Waals surface area contributed by atoms with Gasteiger partial charge in [0.1, 0.15) is 5.75 Å². The molecular weight excluding hydrogens is 384 g/mol. The number of anilines is 1. The SMILES string of the molecule is CCC(=O)Nc1cccc(-c2noc(-c3ccc(S(N)(=O)=O)cc3OC)n2)c1. The average Bonchev–Trinajstić information content (AvgIpc) is 3.17. The minimum atomic E-state index is -3.87.